The molecular formula is C12H21NO2. The molecule has 0 unspecified atom stereocenters. The Kier molecular flexibility index (Phi) is 4.82. The monoisotopic (exact) mass is 211 g/mol. The first kappa shape index (κ1) is 12.2. The number of carbonyl (C=O) groups excluding carboxylic acids is 1. The third-order valence-corrected chi connectivity index (χ3v) is 2.92. The number of ether oxygens (including phenoxy) is 1. The molecule has 0 bridgehead atoms. The average molecular weight is 211 g/mol. The van der Waals surface area contributed by atoms with Gasteiger partial charge in [0.15, 0.2) is 0 Å². The summed E-state index contributed by atoms with van der Waals surface area (Å²) in [5.74, 6) is 0.690. The lowest BCUT2D eigenvalue weighted by Gasteiger charge is -2.23. The minimum Gasteiger partial charge on any atom is -0.383 e. The molecule has 3 heteroatoms. The van der Waals surface area contributed by atoms with Crippen molar-refractivity contribution in [2.24, 2.45) is 5.92 Å². The average Bonchev–Trinajstić information content (AvgIpc) is 2.62. The van der Waals surface area contributed by atoms with Crippen LogP contribution >= 0.6 is 0 Å². The van der Waals surface area contributed by atoms with E-state index < -0.39 is 0 Å². The first-order valence-electron chi connectivity index (χ1n) is 5.63. The Hall–Kier alpha value is -0.830. The molecule has 0 aromatic heterocycles. The van der Waals surface area contributed by atoms with Crippen molar-refractivity contribution in [3.63, 3.8) is 0 Å². The van der Waals surface area contributed by atoms with E-state index in [-0.39, 0.29) is 11.9 Å². The van der Waals surface area contributed by atoms with E-state index in [2.05, 4.69) is 6.58 Å². The second-order valence-corrected chi connectivity index (χ2v) is 4.14. The van der Waals surface area contributed by atoms with E-state index in [9.17, 15) is 4.79 Å². The van der Waals surface area contributed by atoms with E-state index in [1.54, 1.807) is 7.11 Å². The lowest BCUT2D eigenvalue weighted by Crippen LogP contribution is -2.38. The molecule has 86 valence electrons. The van der Waals surface area contributed by atoms with Crippen molar-refractivity contribution in [2.75, 3.05) is 20.3 Å². The van der Waals surface area contributed by atoms with Gasteiger partial charge in [-0.3, -0.25) is 4.79 Å². The largest absolute Gasteiger partial charge is 0.383 e. The smallest absolute Gasteiger partial charge is 0.222 e. The minimum atomic E-state index is 0.247. The Labute approximate surface area is 92.1 Å². The molecule has 1 saturated heterocycles. The Morgan fingerprint density at radius 3 is 2.93 bits per heavy atom. The third kappa shape index (κ3) is 3.06. The molecule has 0 N–H and O–H groups in total. The molecule has 0 spiro atoms. The zero-order valence-corrected chi connectivity index (χ0v) is 9.74. The minimum absolute atomic E-state index is 0.247. The van der Waals surface area contributed by atoms with E-state index in [1.807, 2.05) is 17.9 Å². The van der Waals surface area contributed by atoms with Crippen LogP contribution in [0.2, 0.25) is 0 Å². The Morgan fingerprint density at radius 2 is 2.40 bits per heavy atom. The van der Waals surface area contributed by atoms with Gasteiger partial charge in [-0.2, -0.15) is 0 Å². The zero-order chi connectivity index (χ0) is 11.3. The van der Waals surface area contributed by atoms with Crippen LogP contribution in [0.15, 0.2) is 12.7 Å². The maximum atomic E-state index is 11.8. The summed E-state index contributed by atoms with van der Waals surface area (Å²) in [5, 5.41) is 0. The Bertz CT molecular complexity index is 228. The topological polar surface area (TPSA) is 29.5 Å². The summed E-state index contributed by atoms with van der Waals surface area (Å²) in [6.07, 6.45) is 4.49. The summed E-state index contributed by atoms with van der Waals surface area (Å²) in [4.78, 5) is 13.8. The third-order valence-electron chi connectivity index (χ3n) is 2.92. The van der Waals surface area contributed by atoms with Crippen LogP contribution in [0.25, 0.3) is 0 Å². The van der Waals surface area contributed by atoms with Gasteiger partial charge in [-0.15, -0.1) is 6.58 Å². The van der Waals surface area contributed by atoms with Crippen molar-refractivity contribution in [3.8, 4) is 0 Å². The van der Waals surface area contributed by atoms with E-state index in [4.69, 9.17) is 4.74 Å². The normalized spacial score (nSPS) is 25.6. The predicted molar refractivity (Wildman–Crippen MR) is 60.6 cm³/mol. The van der Waals surface area contributed by atoms with Gasteiger partial charge in [-0.1, -0.05) is 13.0 Å². The number of methoxy groups -OCH3 is 1. The molecule has 0 saturated carbocycles. The fourth-order valence-electron chi connectivity index (χ4n) is 2.14. The standard InChI is InChI=1S/C12H21NO2/c1-4-6-12(14)13-8-10(5-2)7-11(13)9-15-3/h5,10-11H,2,4,6-9H2,1,3H3/t10-,11+/m1/s1. The van der Waals surface area contributed by atoms with Crippen molar-refractivity contribution in [1.82, 2.24) is 4.90 Å². The lowest BCUT2D eigenvalue weighted by atomic mass is 10.1. The zero-order valence-electron chi connectivity index (χ0n) is 9.74. The molecule has 1 rings (SSSR count). The van der Waals surface area contributed by atoms with Gasteiger partial charge in [0.2, 0.25) is 5.91 Å². The van der Waals surface area contributed by atoms with Gasteiger partial charge in [-0.25, -0.2) is 0 Å². The molecule has 1 aliphatic rings. The van der Waals surface area contributed by atoms with Crippen LogP contribution in [0.4, 0.5) is 0 Å². The highest BCUT2D eigenvalue weighted by Gasteiger charge is 2.32. The highest BCUT2D eigenvalue weighted by molar-refractivity contribution is 5.76. The summed E-state index contributed by atoms with van der Waals surface area (Å²) in [6, 6.07) is 0.247. The number of carbonyl (C=O) groups is 1. The van der Waals surface area contributed by atoms with Crippen LogP contribution < -0.4 is 0 Å². The SMILES string of the molecule is C=C[C@@H]1C[C@@H](COC)N(C(=O)CCC)C1. The summed E-state index contributed by atoms with van der Waals surface area (Å²) in [7, 11) is 1.68. The molecule has 0 aliphatic carbocycles. The number of hydrogen-bond donors (Lipinski definition) is 0. The molecule has 0 aromatic rings. The van der Waals surface area contributed by atoms with Crippen LogP contribution in [-0.2, 0) is 9.53 Å². The first-order chi connectivity index (χ1) is 7.22. The molecule has 15 heavy (non-hydrogen) atoms. The molecule has 3 nitrogen and oxygen atoms in total. The maximum Gasteiger partial charge on any atom is 0.222 e. The molecular weight excluding hydrogens is 190 g/mol. The maximum absolute atomic E-state index is 11.8. The number of rotatable bonds is 5. The van der Waals surface area contributed by atoms with Crippen molar-refractivity contribution < 1.29 is 9.53 Å². The van der Waals surface area contributed by atoms with Crippen LogP contribution in [0.1, 0.15) is 26.2 Å². The molecule has 1 fully saturated rings. The van der Waals surface area contributed by atoms with Gasteiger partial charge in [0.1, 0.15) is 0 Å². The van der Waals surface area contributed by atoms with Gasteiger partial charge in [0.05, 0.1) is 12.6 Å². The molecule has 2 atom stereocenters. The number of nitrogens with zero attached hydrogens (tertiary/aromatic N) is 1. The first-order valence-corrected chi connectivity index (χ1v) is 5.63. The van der Waals surface area contributed by atoms with Gasteiger partial charge in [0, 0.05) is 20.1 Å². The van der Waals surface area contributed by atoms with E-state index in [1.165, 1.54) is 0 Å². The number of likely N-dealkylation sites (tertiary alicyclic amines) is 1. The van der Waals surface area contributed by atoms with Gasteiger partial charge < -0.3 is 9.64 Å². The summed E-state index contributed by atoms with van der Waals surface area (Å²) in [5.41, 5.74) is 0. The fraction of sp³-hybridized carbons (Fsp3) is 0.750. The quantitative estimate of drug-likeness (QED) is 0.649. The predicted octanol–water partition coefficient (Wildman–Crippen LogP) is 1.84. The summed E-state index contributed by atoms with van der Waals surface area (Å²) >= 11 is 0. The Balaban J connectivity index is 2.58. The summed E-state index contributed by atoms with van der Waals surface area (Å²) in [6.45, 7) is 7.28. The molecule has 1 aliphatic heterocycles. The second kappa shape index (κ2) is 5.91. The van der Waals surface area contributed by atoms with E-state index in [0.717, 1.165) is 19.4 Å². The number of hydrogen-bond acceptors (Lipinski definition) is 2. The van der Waals surface area contributed by atoms with Crippen molar-refractivity contribution in [2.45, 2.75) is 32.2 Å². The van der Waals surface area contributed by atoms with Crippen LogP contribution in [0.3, 0.4) is 0 Å². The van der Waals surface area contributed by atoms with Crippen LogP contribution in [-0.4, -0.2) is 37.1 Å². The fourth-order valence-corrected chi connectivity index (χ4v) is 2.14. The molecule has 1 amide bonds. The summed E-state index contributed by atoms with van der Waals surface area (Å²) < 4.78 is 5.15. The van der Waals surface area contributed by atoms with Gasteiger partial charge in [0.25, 0.3) is 0 Å². The van der Waals surface area contributed by atoms with Crippen LogP contribution in [0, 0.1) is 5.92 Å². The van der Waals surface area contributed by atoms with Crippen molar-refractivity contribution >= 4 is 5.91 Å². The van der Waals surface area contributed by atoms with Crippen molar-refractivity contribution in [3.05, 3.63) is 12.7 Å². The lowest BCUT2D eigenvalue weighted by molar-refractivity contribution is -0.133. The van der Waals surface area contributed by atoms with Gasteiger partial charge >= 0.3 is 0 Å². The highest BCUT2D eigenvalue weighted by atomic mass is 16.5. The molecule has 0 aromatic carbocycles. The van der Waals surface area contributed by atoms with Crippen molar-refractivity contribution in [1.29, 1.82) is 0 Å². The van der Waals surface area contributed by atoms with E-state index >= 15 is 0 Å². The highest BCUT2D eigenvalue weighted by Crippen LogP contribution is 2.25. The van der Waals surface area contributed by atoms with E-state index in [0.29, 0.717) is 18.9 Å². The number of amides is 1. The Morgan fingerprint density at radius 1 is 1.67 bits per heavy atom. The molecule has 0 radical (unpaired) electrons. The second-order valence-electron chi connectivity index (χ2n) is 4.14. The molecule has 1 heterocycles. The van der Waals surface area contributed by atoms with Crippen LogP contribution in [0.5, 0.6) is 0 Å². The van der Waals surface area contributed by atoms with Gasteiger partial charge in [-0.05, 0) is 18.8 Å².